The van der Waals surface area contributed by atoms with Crippen LogP contribution in [0.1, 0.15) is 6.92 Å². The summed E-state index contributed by atoms with van der Waals surface area (Å²) >= 11 is 5.68. The van der Waals surface area contributed by atoms with Gasteiger partial charge < -0.3 is 10.4 Å². The lowest BCUT2D eigenvalue weighted by Crippen LogP contribution is -2.25. The highest BCUT2D eigenvalue weighted by atomic mass is 35.5. The first-order valence-electron chi connectivity index (χ1n) is 3.95. The fourth-order valence-corrected chi connectivity index (χ4v) is 1.12. The predicted octanol–water partition coefficient (Wildman–Crippen LogP) is 2.36. The molecule has 1 unspecified atom stereocenters. The maximum absolute atomic E-state index is 12.6. The third-order valence-electron chi connectivity index (χ3n) is 1.67. The van der Waals surface area contributed by atoms with Crippen molar-refractivity contribution in [3.8, 4) is 0 Å². The Labute approximate surface area is 85.5 Å². The van der Waals surface area contributed by atoms with Crippen molar-refractivity contribution in [3.05, 3.63) is 29.0 Å². The first-order chi connectivity index (χ1) is 6.50. The molecule has 0 aliphatic heterocycles. The van der Waals surface area contributed by atoms with Crippen LogP contribution in [-0.4, -0.2) is 17.1 Å². The van der Waals surface area contributed by atoms with Crippen LogP contribution in [0.5, 0.6) is 0 Å². The van der Waals surface area contributed by atoms with Gasteiger partial charge in [0.15, 0.2) is 0 Å². The standard InChI is InChI=1S/C9H9ClFNO2/c1-5(9(13)14)12-8-3-2-6(11)4-7(8)10/h2-5,12H,1H3,(H,13,14). The van der Waals surface area contributed by atoms with Crippen molar-refractivity contribution >= 4 is 23.3 Å². The van der Waals surface area contributed by atoms with E-state index in [-0.39, 0.29) is 5.02 Å². The summed E-state index contributed by atoms with van der Waals surface area (Å²) in [5.41, 5.74) is 0.406. The Balaban J connectivity index is 2.82. The molecule has 2 N–H and O–H groups in total. The molecule has 0 amide bonds. The molecular weight excluding hydrogens is 209 g/mol. The second-order valence-electron chi connectivity index (χ2n) is 2.83. The highest BCUT2D eigenvalue weighted by Crippen LogP contribution is 2.22. The van der Waals surface area contributed by atoms with E-state index in [1.165, 1.54) is 19.1 Å². The van der Waals surface area contributed by atoms with E-state index in [1.54, 1.807) is 0 Å². The number of rotatable bonds is 3. The van der Waals surface area contributed by atoms with E-state index < -0.39 is 17.8 Å². The van der Waals surface area contributed by atoms with Crippen LogP contribution in [0.4, 0.5) is 10.1 Å². The molecule has 0 aromatic heterocycles. The average Bonchev–Trinajstić information content (AvgIpc) is 2.09. The number of anilines is 1. The SMILES string of the molecule is CC(Nc1ccc(F)cc1Cl)C(=O)O. The molecule has 0 fully saturated rings. The van der Waals surface area contributed by atoms with Crippen molar-refractivity contribution in [2.45, 2.75) is 13.0 Å². The van der Waals surface area contributed by atoms with E-state index in [1.807, 2.05) is 0 Å². The van der Waals surface area contributed by atoms with Crippen LogP contribution in [0.25, 0.3) is 0 Å². The topological polar surface area (TPSA) is 49.3 Å². The summed E-state index contributed by atoms with van der Waals surface area (Å²) in [4.78, 5) is 10.5. The Morgan fingerprint density at radius 2 is 2.29 bits per heavy atom. The third kappa shape index (κ3) is 2.60. The van der Waals surface area contributed by atoms with E-state index in [2.05, 4.69) is 5.32 Å². The first-order valence-corrected chi connectivity index (χ1v) is 4.33. The van der Waals surface area contributed by atoms with Gasteiger partial charge >= 0.3 is 5.97 Å². The molecule has 0 aliphatic carbocycles. The monoisotopic (exact) mass is 217 g/mol. The van der Waals surface area contributed by atoms with Crippen LogP contribution in [0.2, 0.25) is 5.02 Å². The lowest BCUT2D eigenvalue weighted by molar-refractivity contribution is -0.137. The van der Waals surface area contributed by atoms with Crippen LogP contribution >= 0.6 is 11.6 Å². The van der Waals surface area contributed by atoms with E-state index in [4.69, 9.17) is 16.7 Å². The minimum atomic E-state index is -0.995. The molecule has 0 saturated carbocycles. The van der Waals surface area contributed by atoms with Gasteiger partial charge in [0.2, 0.25) is 0 Å². The van der Waals surface area contributed by atoms with Gasteiger partial charge in [0.25, 0.3) is 0 Å². The van der Waals surface area contributed by atoms with E-state index in [0.717, 1.165) is 6.07 Å². The Morgan fingerprint density at radius 3 is 2.79 bits per heavy atom. The number of halogens is 2. The number of carboxylic acid groups (broad SMARTS) is 1. The number of carbonyl (C=O) groups is 1. The van der Waals surface area contributed by atoms with E-state index in [0.29, 0.717) is 5.69 Å². The number of benzene rings is 1. The second-order valence-corrected chi connectivity index (χ2v) is 3.24. The summed E-state index contributed by atoms with van der Waals surface area (Å²) in [6, 6.07) is 2.97. The zero-order chi connectivity index (χ0) is 10.7. The van der Waals surface area contributed by atoms with E-state index in [9.17, 15) is 9.18 Å². The van der Waals surface area contributed by atoms with Crippen molar-refractivity contribution in [2.24, 2.45) is 0 Å². The second kappa shape index (κ2) is 4.28. The minimum Gasteiger partial charge on any atom is -0.480 e. The molecule has 1 aromatic carbocycles. The van der Waals surface area contributed by atoms with Crippen molar-refractivity contribution in [1.82, 2.24) is 0 Å². The molecule has 1 atom stereocenters. The van der Waals surface area contributed by atoms with Gasteiger partial charge in [-0.2, -0.15) is 0 Å². The minimum absolute atomic E-state index is 0.165. The molecule has 1 rings (SSSR count). The Hall–Kier alpha value is -1.29. The molecule has 0 saturated heterocycles. The lowest BCUT2D eigenvalue weighted by atomic mass is 10.2. The summed E-state index contributed by atoms with van der Waals surface area (Å²) in [5.74, 6) is -1.45. The van der Waals surface area contributed by atoms with Gasteiger partial charge in [0.1, 0.15) is 11.9 Å². The zero-order valence-electron chi connectivity index (χ0n) is 7.42. The molecule has 0 aliphatic rings. The van der Waals surface area contributed by atoms with Gasteiger partial charge in [-0.05, 0) is 25.1 Å². The smallest absolute Gasteiger partial charge is 0.325 e. The van der Waals surface area contributed by atoms with Gasteiger partial charge in [-0.25, -0.2) is 4.39 Å². The normalized spacial score (nSPS) is 12.2. The van der Waals surface area contributed by atoms with Gasteiger partial charge in [0, 0.05) is 0 Å². The maximum atomic E-state index is 12.6. The maximum Gasteiger partial charge on any atom is 0.325 e. The van der Waals surface area contributed by atoms with Gasteiger partial charge in [-0.15, -0.1) is 0 Å². The average molecular weight is 218 g/mol. The number of carboxylic acids is 1. The molecule has 1 aromatic rings. The van der Waals surface area contributed by atoms with Gasteiger partial charge in [0.05, 0.1) is 10.7 Å². The summed E-state index contributed by atoms with van der Waals surface area (Å²) in [6.07, 6.45) is 0. The molecule has 5 heteroatoms. The largest absolute Gasteiger partial charge is 0.480 e. The van der Waals surface area contributed by atoms with E-state index >= 15 is 0 Å². The summed E-state index contributed by atoms with van der Waals surface area (Å²) in [7, 11) is 0. The molecule has 0 radical (unpaired) electrons. The number of hydrogen-bond acceptors (Lipinski definition) is 2. The van der Waals surface area contributed by atoms with Gasteiger partial charge in [-0.1, -0.05) is 11.6 Å². The Morgan fingerprint density at radius 1 is 1.64 bits per heavy atom. The highest BCUT2D eigenvalue weighted by molar-refractivity contribution is 6.33. The molecule has 3 nitrogen and oxygen atoms in total. The number of aliphatic carboxylic acids is 1. The lowest BCUT2D eigenvalue weighted by Gasteiger charge is -2.11. The quantitative estimate of drug-likeness (QED) is 0.817. The molecule has 0 spiro atoms. The summed E-state index contributed by atoms with van der Waals surface area (Å²) < 4.78 is 12.6. The van der Waals surface area contributed by atoms with Crippen molar-refractivity contribution in [3.63, 3.8) is 0 Å². The van der Waals surface area contributed by atoms with Crippen molar-refractivity contribution in [2.75, 3.05) is 5.32 Å². The van der Waals surface area contributed by atoms with Crippen molar-refractivity contribution < 1.29 is 14.3 Å². The number of nitrogens with one attached hydrogen (secondary N) is 1. The fraction of sp³-hybridized carbons (Fsp3) is 0.222. The fourth-order valence-electron chi connectivity index (χ4n) is 0.902. The molecular formula is C9H9ClFNO2. The zero-order valence-corrected chi connectivity index (χ0v) is 8.18. The third-order valence-corrected chi connectivity index (χ3v) is 1.99. The van der Waals surface area contributed by atoms with Crippen LogP contribution in [0.15, 0.2) is 18.2 Å². The highest BCUT2D eigenvalue weighted by Gasteiger charge is 2.11. The molecule has 76 valence electrons. The Bertz CT molecular complexity index is 357. The van der Waals surface area contributed by atoms with Crippen LogP contribution in [0, 0.1) is 5.82 Å². The molecule has 14 heavy (non-hydrogen) atoms. The van der Waals surface area contributed by atoms with Gasteiger partial charge in [-0.3, -0.25) is 4.79 Å². The van der Waals surface area contributed by atoms with Crippen LogP contribution < -0.4 is 5.32 Å². The van der Waals surface area contributed by atoms with Crippen LogP contribution in [-0.2, 0) is 4.79 Å². The van der Waals surface area contributed by atoms with Crippen LogP contribution in [0.3, 0.4) is 0 Å². The molecule has 0 bridgehead atoms. The molecule has 0 heterocycles. The summed E-state index contributed by atoms with van der Waals surface area (Å²) in [6.45, 7) is 1.47. The summed E-state index contributed by atoms with van der Waals surface area (Å²) in [5, 5.41) is 11.4. The number of hydrogen-bond donors (Lipinski definition) is 2. The Kier molecular flexibility index (Phi) is 3.30. The predicted molar refractivity (Wildman–Crippen MR) is 52.1 cm³/mol. The first kappa shape index (κ1) is 10.8. The van der Waals surface area contributed by atoms with Crippen molar-refractivity contribution in [1.29, 1.82) is 0 Å².